The highest BCUT2D eigenvalue weighted by atomic mass is 35.5. The normalized spacial score (nSPS) is 17.7. The van der Waals surface area contributed by atoms with Crippen LogP contribution in [0.25, 0.3) is 0 Å². The van der Waals surface area contributed by atoms with Crippen molar-refractivity contribution in [1.29, 1.82) is 0 Å². The van der Waals surface area contributed by atoms with Gasteiger partial charge in [0, 0.05) is 18.2 Å². The molecule has 1 heterocycles. The topological polar surface area (TPSA) is 61.4 Å². The summed E-state index contributed by atoms with van der Waals surface area (Å²) in [5, 5.41) is 6.11. The third-order valence-corrected chi connectivity index (χ3v) is 5.02. The lowest BCUT2D eigenvalue weighted by Gasteiger charge is -2.31. The van der Waals surface area contributed by atoms with Crippen molar-refractivity contribution >= 4 is 29.9 Å². The van der Waals surface area contributed by atoms with Crippen LogP contribution in [-0.2, 0) is 9.59 Å². The molecule has 1 aliphatic heterocycles. The molecular formula is C20H31ClFN3O2. The minimum absolute atomic E-state index is 0. The minimum Gasteiger partial charge on any atom is -0.331 e. The van der Waals surface area contributed by atoms with E-state index in [9.17, 15) is 14.0 Å². The van der Waals surface area contributed by atoms with Gasteiger partial charge in [-0.15, -0.1) is 12.4 Å². The van der Waals surface area contributed by atoms with Crippen LogP contribution in [0.5, 0.6) is 0 Å². The number of nitrogens with one attached hydrogen (secondary N) is 2. The second-order valence-corrected chi connectivity index (χ2v) is 7.46. The van der Waals surface area contributed by atoms with Crippen molar-refractivity contribution in [3.8, 4) is 0 Å². The predicted molar refractivity (Wildman–Crippen MR) is 109 cm³/mol. The molecule has 5 nitrogen and oxygen atoms in total. The smallest absolute Gasteiger partial charge is 0.244 e. The summed E-state index contributed by atoms with van der Waals surface area (Å²) < 4.78 is 13.0. The standard InChI is InChI=1S/C20H30FN3O2.ClH/c1-14(2)24(13-19(25)23-18-8-6-17(21)7-9-18)20(26)11-15(3)16-5-4-10-22-12-16;/h6-9,14-16,22H,4-5,10-13H2,1-3H3,(H,23,25);1H. The van der Waals surface area contributed by atoms with E-state index in [1.807, 2.05) is 13.8 Å². The zero-order valence-corrected chi connectivity index (χ0v) is 17.2. The van der Waals surface area contributed by atoms with Gasteiger partial charge in [-0.1, -0.05) is 6.92 Å². The van der Waals surface area contributed by atoms with E-state index in [1.165, 1.54) is 24.3 Å². The number of halogens is 2. The monoisotopic (exact) mass is 399 g/mol. The fourth-order valence-corrected chi connectivity index (χ4v) is 3.37. The number of benzene rings is 1. The summed E-state index contributed by atoms with van der Waals surface area (Å²) >= 11 is 0. The lowest BCUT2D eigenvalue weighted by atomic mass is 9.85. The highest BCUT2D eigenvalue weighted by Crippen LogP contribution is 2.23. The number of anilines is 1. The van der Waals surface area contributed by atoms with Gasteiger partial charge in [0.2, 0.25) is 11.8 Å². The van der Waals surface area contributed by atoms with Crippen LogP contribution in [0, 0.1) is 17.7 Å². The molecule has 2 unspecified atom stereocenters. The van der Waals surface area contributed by atoms with Crippen molar-refractivity contribution in [1.82, 2.24) is 10.2 Å². The Morgan fingerprint density at radius 3 is 2.48 bits per heavy atom. The van der Waals surface area contributed by atoms with Crippen LogP contribution in [0.2, 0.25) is 0 Å². The van der Waals surface area contributed by atoms with Gasteiger partial charge in [-0.2, -0.15) is 0 Å². The zero-order valence-electron chi connectivity index (χ0n) is 16.3. The van der Waals surface area contributed by atoms with Gasteiger partial charge in [0.1, 0.15) is 12.4 Å². The molecule has 0 aromatic heterocycles. The molecule has 0 saturated carbocycles. The maximum atomic E-state index is 13.0. The molecule has 0 bridgehead atoms. The molecule has 1 aliphatic rings. The lowest BCUT2D eigenvalue weighted by Crippen LogP contribution is -2.44. The number of carbonyl (C=O) groups is 2. The summed E-state index contributed by atoms with van der Waals surface area (Å²) in [5.41, 5.74) is 0.522. The van der Waals surface area contributed by atoms with Gasteiger partial charge in [-0.3, -0.25) is 9.59 Å². The van der Waals surface area contributed by atoms with Gasteiger partial charge in [0.25, 0.3) is 0 Å². The van der Waals surface area contributed by atoms with Crippen molar-refractivity contribution in [2.45, 2.75) is 46.1 Å². The van der Waals surface area contributed by atoms with Crippen LogP contribution < -0.4 is 10.6 Å². The summed E-state index contributed by atoms with van der Waals surface area (Å²) in [7, 11) is 0. The van der Waals surface area contributed by atoms with Crippen molar-refractivity contribution in [2.24, 2.45) is 11.8 Å². The SMILES string of the molecule is CC(CC(=O)N(CC(=O)Nc1ccc(F)cc1)C(C)C)C1CCCNC1.Cl. The molecule has 1 saturated heterocycles. The molecule has 2 amide bonds. The predicted octanol–water partition coefficient (Wildman–Crippen LogP) is 3.45. The van der Waals surface area contributed by atoms with Crippen molar-refractivity contribution < 1.29 is 14.0 Å². The quantitative estimate of drug-likeness (QED) is 0.738. The second kappa shape index (κ2) is 11.2. The number of rotatable bonds is 7. The van der Waals surface area contributed by atoms with Crippen LogP contribution in [0.4, 0.5) is 10.1 Å². The Balaban J connectivity index is 0.00000364. The van der Waals surface area contributed by atoms with E-state index in [2.05, 4.69) is 17.6 Å². The van der Waals surface area contributed by atoms with Gasteiger partial charge in [-0.05, 0) is 75.9 Å². The third kappa shape index (κ3) is 7.46. The number of hydrogen-bond donors (Lipinski definition) is 2. The highest BCUT2D eigenvalue weighted by Gasteiger charge is 2.26. The Kier molecular flexibility index (Phi) is 9.74. The Labute approximate surface area is 167 Å². The fraction of sp³-hybridized carbons (Fsp3) is 0.600. The van der Waals surface area contributed by atoms with Crippen molar-refractivity contribution in [3.05, 3.63) is 30.1 Å². The van der Waals surface area contributed by atoms with Gasteiger partial charge >= 0.3 is 0 Å². The second-order valence-electron chi connectivity index (χ2n) is 7.46. The zero-order chi connectivity index (χ0) is 19.1. The molecule has 2 rings (SSSR count). The van der Waals surface area contributed by atoms with Crippen LogP contribution in [0.1, 0.15) is 40.0 Å². The third-order valence-electron chi connectivity index (χ3n) is 5.02. The summed E-state index contributed by atoms with van der Waals surface area (Å²) in [5.74, 6) is 0.178. The molecule has 27 heavy (non-hydrogen) atoms. The van der Waals surface area contributed by atoms with Gasteiger partial charge < -0.3 is 15.5 Å². The maximum absolute atomic E-state index is 13.0. The lowest BCUT2D eigenvalue weighted by molar-refractivity contribution is -0.137. The average molecular weight is 400 g/mol. The van der Waals surface area contributed by atoms with E-state index in [4.69, 9.17) is 0 Å². The van der Waals surface area contributed by atoms with Crippen molar-refractivity contribution in [3.63, 3.8) is 0 Å². The molecule has 0 spiro atoms. The Hall–Kier alpha value is -1.66. The first-order chi connectivity index (χ1) is 12.4. The number of piperidine rings is 1. The summed E-state index contributed by atoms with van der Waals surface area (Å²) in [4.78, 5) is 26.7. The van der Waals surface area contributed by atoms with E-state index < -0.39 is 0 Å². The highest BCUT2D eigenvalue weighted by molar-refractivity contribution is 5.94. The molecule has 2 N–H and O–H groups in total. The minimum atomic E-state index is -0.354. The van der Waals surface area contributed by atoms with Crippen LogP contribution in [0.15, 0.2) is 24.3 Å². The maximum Gasteiger partial charge on any atom is 0.244 e. The van der Waals surface area contributed by atoms with Gasteiger partial charge in [0.05, 0.1) is 0 Å². The van der Waals surface area contributed by atoms with Crippen LogP contribution >= 0.6 is 12.4 Å². The Morgan fingerprint density at radius 2 is 1.93 bits per heavy atom. The Morgan fingerprint density at radius 1 is 1.26 bits per heavy atom. The molecule has 7 heteroatoms. The van der Waals surface area contributed by atoms with E-state index in [1.54, 1.807) is 4.90 Å². The molecule has 1 aromatic rings. The van der Waals surface area contributed by atoms with E-state index in [0.29, 0.717) is 18.0 Å². The number of carbonyl (C=O) groups excluding carboxylic acids is 2. The van der Waals surface area contributed by atoms with E-state index in [-0.39, 0.29) is 48.5 Å². The molecule has 1 fully saturated rings. The molecular weight excluding hydrogens is 369 g/mol. The number of hydrogen-bond acceptors (Lipinski definition) is 3. The molecule has 1 aromatic carbocycles. The number of nitrogens with zero attached hydrogens (tertiary/aromatic N) is 1. The summed E-state index contributed by atoms with van der Waals surface area (Å²) in [6.07, 6.45) is 2.75. The fourth-order valence-electron chi connectivity index (χ4n) is 3.37. The Bertz CT molecular complexity index is 604. The van der Waals surface area contributed by atoms with Crippen LogP contribution in [0.3, 0.4) is 0 Å². The number of amides is 2. The van der Waals surface area contributed by atoms with E-state index >= 15 is 0 Å². The first-order valence-corrected chi connectivity index (χ1v) is 9.42. The van der Waals surface area contributed by atoms with E-state index in [0.717, 1.165) is 25.9 Å². The summed E-state index contributed by atoms with van der Waals surface area (Å²) in [6, 6.07) is 5.54. The largest absolute Gasteiger partial charge is 0.331 e. The first kappa shape index (κ1) is 23.4. The molecule has 2 atom stereocenters. The average Bonchev–Trinajstić information content (AvgIpc) is 2.62. The van der Waals surface area contributed by atoms with Gasteiger partial charge in [-0.25, -0.2) is 4.39 Å². The van der Waals surface area contributed by atoms with Gasteiger partial charge in [0.15, 0.2) is 0 Å². The van der Waals surface area contributed by atoms with Crippen molar-refractivity contribution in [2.75, 3.05) is 25.0 Å². The summed E-state index contributed by atoms with van der Waals surface area (Å²) in [6.45, 7) is 7.96. The first-order valence-electron chi connectivity index (χ1n) is 9.42. The molecule has 0 radical (unpaired) electrons. The van der Waals surface area contributed by atoms with Crippen LogP contribution in [-0.4, -0.2) is 42.4 Å². The molecule has 152 valence electrons. The molecule has 0 aliphatic carbocycles.